The van der Waals surface area contributed by atoms with E-state index in [1.54, 1.807) is 24.3 Å². The number of halogens is 2. The van der Waals surface area contributed by atoms with Gasteiger partial charge in [-0.1, -0.05) is 47.5 Å². The molecule has 0 spiro atoms. The molecule has 4 nitrogen and oxygen atoms in total. The van der Waals surface area contributed by atoms with Crippen LogP contribution in [0.15, 0.2) is 42.5 Å². The molecule has 3 N–H and O–H groups in total. The van der Waals surface area contributed by atoms with E-state index >= 15 is 0 Å². The molecule has 0 amide bonds. The molecule has 0 saturated heterocycles. The lowest BCUT2D eigenvalue weighted by Gasteiger charge is -2.10. The van der Waals surface area contributed by atoms with Gasteiger partial charge in [0.25, 0.3) is 0 Å². The fourth-order valence-electron chi connectivity index (χ4n) is 1.84. The summed E-state index contributed by atoms with van der Waals surface area (Å²) in [5.74, 6) is -0.153. The molecule has 2 rings (SSSR count). The van der Waals surface area contributed by atoms with Gasteiger partial charge in [-0.15, -0.1) is 0 Å². The van der Waals surface area contributed by atoms with Crippen molar-refractivity contribution in [1.29, 1.82) is 0 Å². The SMILES string of the molecule is NCc1cccc(CS(=O)(=O)Nc2ccc(Cl)cc2Cl)c1. The second-order valence-electron chi connectivity index (χ2n) is 4.51. The van der Waals surface area contributed by atoms with Gasteiger partial charge in [-0.2, -0.15) is 0 Å². The third-order valence-electron chi connectivity index (χ3n) is 2.78. The summed E-state index contributed by atoms with van der Waals surface area (Å²) in [7, 11) is -3.57. The third-order valence-corrected chi connectivity index (χ3v) is 4.57. The number of hydrogen-bond donors (Lipinski definition) is 2. The normalized spacial score (nSPS) is 11.4. The molecule has 0 fully saturated rings. The molecular formula is C14H14Cl2N2O2S. The zero-order chi connectivity index (χ0) is 15.5. The summed E-state index contributed by atoms with van der Waals surface area (Å²) in [5, 5.41) is 0.695. The maximum absolute atomic E-state index is 12.2. The van der Waals surface area contributed by atoms with E-state index in [9.17, 15) is 8.42 Å². The molecule has 0 atom stereocenters. The maximum Gasteiger partial charge on any atom is 0.236 e. The van der Waals surface area contributed by atoms with Crippen LogP contribution < -0.4 is 10.5 Å². The molecule has 2 aromatic rings. The first-order valence-corrected chi connectivity index (χ1v) is 8.54. The molecule has 0 aliphatic heterocycles. The quantitative estimate of drug-likeness (QED) is 0.872. The van der Waals surface area contributed by atoms with E-state index in [1.165, 1.54) is 12.1 Å². The number of nitrogens with one attached hydrogen (secondary N) is 1. The second kappa shape index (κ2) is 6.66. The highest BCUT2D eigenvalue weighted by Crippen LogP contribution is 2.26. The lowest BCUT2D eigenvalue weighted by molar-refractivity contribution is 0.600. The van der Waals surface area contributed by atoms with Crippen LogP contribution in [-0.4, -0.2) is 8.42 Å². The van der Waals surface area contributed by atoms with Crippen LogP contribution in [0.4, 0.5) is 5.69 Å². The zero-order valence-electron chi connectivity index (χ0n) is 11.0. The molecule has 2 aromatic carbocycles. The molecule has 112 valence electrons. The molecule has 0 aliphatic carbocycles. The number of anilines is 1. The Kier molecular flexibility index (Phi) is 5.11. The van der Waals surface area contributed by atoms with Gasteiger partial charge in [0.15, 0.2) is 0 Å². The summed E-state index contributed by atoms with van der Waals surface area (Å²) in [6, 6.07) is 11.7. The molecule has 0 unspecified atom stereocenters. The van der Waals surface area contributed by atoms with E-state index in [2.05, 4.69) is 4.72 Å². The monoisotopic (exact) mass is 344 g/mol. The zero-order valence-corrected chi connectivity index (χ0v) is 13.3. The largest absolute Gasteiger partial charge is 0.326 e. The Bertz CT molecular complexity index is 748. The van der Waals surface area contributed by atoms with Crippen LogP contribution in [-0.2, 0) is 22.3 Å². The highest BCUT2D eigenvalue weighted by Gasteiger charge is 2.14. The molecule has 7 heteroatoms. The van der Waals surface area contributed by atoms with Crippen molar-refractivity contribution in [2.45, 2.75) is 12.3 Å². The Morgan fingerprint density at radius 2 is 1.76 bits per heavy atom. The number of nitrogens with two attached hydrogens (primary N) is 1. The van der Waals surface area contributed by atoms with Crippen LogP contribution in [0, 0.1) is 0 Å². The van der Waals surface area contributed by atoms with Crippen LogP contribution in [0.5, 0.6) is 0 Å². The Labute approximate surface area is 133 Å². The lowest BCUT2D eigenvalue weighted by Crippen LogP contribution is -2.15. The van der Waals surface area contributed by atoms with Gasteiger partial charge in [0.1, 0.15) is 0 Å². The minimum absolute atomic E-state index is 0.153. The number of sulfonamides is 1. The van der Waals surface area contributed by atoms with Gasteiger partial charge >= 0.3 is 0 Å². The van der Waals surface area contributed by atoms with E-state index in [4.69, 9.17) is 28.9 Å². The van der Waals surface area contributed by atoms with Crippen molar-refractivity contribution in [2.24, 2.45) is 5.73 Å². The first kappa shape index (κ1) is 16.1. The van der Waals surface area contributed by atoms with Gasteiger partial charge < -0.3 is 5.73 Å². The molecule has 0 saturated carbocycles. The van der Waals surface area contributed by atoms with E-state index in [-0.39, 0.29) is 10.8 Å². The van der Waals surface area contributed by atoms with Crippen molar-refractivity contribution in [3.05, 3.63) is 63.6 Å². The minimum Gasteiger partial charge on any atom is -0.326 e. The van der Waals surface area contributed by atoms with Crippen LogP contribution in [0.2, 0.25) is 10.0 Å². The third kappa shape index (κ3) is 4.61. The van der Waals surface area contributed by atoms with Crippen molar-refractivity contribution in [3.63, 3.8) is 0 Å². The van der Waals surface area contributed by atoms with Crippen molar-refractivity contribution >= 4 is 38.9 Å². The first-order valence-electron chi connectivity index (χ1n) is 6.13. The lowest BCUT2D eigenvalue weighted by atomic mass is 10.1. The molecule has 0 bridgehead atoms. The highest BCUT2D eigenvalue weighted by atomic mass is 35.5. The van der Waals surface area contributed by atoms with Crippen LogP contribution in [0.1, 0.15) is 11.1 Å². The van der Waals surface area contributed by atoms with Crippen molar-refractivity contribution in [1.82, 2.24) is 0 Å². The molecule has 21 heavy (non-hydrogen) atoms. The van der Waals surface area contributed by atoms with E-state index in [1.807, 2.05) is 6.07 Å². The van der Waals surface area contributed by atoms with Crippen LogP contribution in [0.3, 0.4) is 0 Å². The van der Waals surface area contributed by atoms with Gasteiger partial charge in [-0.05, 0) is 29.3 Å². The number of rotatable bonds is 5. The average molecular weight is 345 g/mol. The predicted molar refractivity (Wildman–Crippen MR) is 87.0 cm³/mol. The standard InChI is InChI=1S/C14H14Cl2N2O2S/c15-12-4-5-14(13(16)7-12)18-21(19,20)9-11-3-1-2-10(6-11)8-17/h1-7,18H,8-9,17H2. The Morgan fingerprint density at radius 3 is 2.43 bits per heavy atom. The molecule has 0 aromatic heterocycles. The van der Waals surface area contributed by atoms with Crippen LogP contribution >= 0.6 is 23.2 Å². The average Bonchev–Trinajstić information content (AvgIpc) is 2.41. The predicted octanol–water partition coefficient (Wildman–Crippen LogP) is 3.39. The fourth-order valence-corrected chi connectivity index (χ4v) is 3.56. The Hall–Kier alpha value is -1.27. The fraction of sp³-hybridized carbons (Fsp3) is 0.143. The Balaban J connectivity index is 2.18. The molecular weight excluding hydrogens is 331 g/mol. The smallest absolute Gasteiger partial charge is 0.236 e. The minimum atomic E-state index is -3.57. The number of benzene rings is 2. The van der Waals surface area contributed by atoms with E-state index in [0.717, 1.165) is 5.56 Å². The highest BCUT2D eigenvalue weighted by molar-refractivity contribution is 7.91. The topological polar surface area (TPSA) is 72.2 Å². The first-order chi connectivity index (χ1) is 9.89. The van der Waals surface area contributed by atoms with Gasteiger partial charge in [0.2, 0.25) is 10.0 Å². The summed E-state index contributed by atoms with van der Waals surface area (Å²) in [5.41, 5.74) is 7.39. The van der Waals surface area contributed by atoms with Crippen molar-refractivity contribution < 1.29 is 8.42 Å². The van der Waals surface area contributed by atoms with Crippen LogP contribution in [0.25, 0.3) is 0 Å². The van der Waals surface area contributed by atoms with E-state index in [0.29, 0.717) is 22.8 Å². The Morgan fingerprint density at radius 1 is 1.05 bits per heavy atom. The second-order valence-corrected chi connectivity index (χ2v) is 7.08. The summed E-state index contributed by atoms with van der Waals surface area (Å²) in [6.45, 7) is 0.365. The van der Waals surface area contributed by atoms with Gasteiger partial charge in [0, 0.05) is 11.6 Å². The molecule has 0 radical (unpaired) electrons. The summed E-state index contributed by atoms with van der Waals surface area (Å²) < 4.78 is 26.8. The number of hydrogen-bond acceptors (Lipinski definition) is 3. The van der Waals surface area contributed by atoms with Gasteiger partial charge in [-0.3, -0.25) is 4.72 Å². The summed E-state index contributed by atoms with van der Waals surface area (Å²) >= 11 is 11.7. The summed E-state index contributed by atoms with van der Waals surface area (Å²) in [4.78, 5) is 0. The van der Waals surface area contributed by atoms with Gasteiger partial charge in [-0.25, -0.2) is 8.42 Å². The van der Waals surface area contributed by atoms with Gasteiger partial charge in [0.05, 0.1) is 16.5 Å². The maximum atomic E-state index is 12.2. The van der Waals surface area contributed by atoms with Crippen molar-refractivity contribution in [2.75, 3.05) is 4.72 Å². The summed E-state index contributed by atoms with van der Waals surface area (Å²) in [6.07, 6.45) is 0. The molecule has 0 aliphatic rings. The van der Waals surface area contributed by atoms with E-state index < -0.39 is 10.0 Å². The molecule has 0 heterocycles. The van der Waals surface area contributed by atoms with Crippen molar-refractivity contribution in [3.8, 4) is 0 Å².